The molecular formula is C11H19NO5. The molecule has 1 rings (SSSR count). The van der Waals surface area contributed by atoms with Gasteiger partial charge in [-0.05, 0) is 13.8 Å². The lowest BCUT2D eigenvalue weighted by molar-refractivity contribution is -0.149. The predicted octanol–water partition coefficient (Wildman–Crippen LogP) is 0.0189. The number of rotatable bonds is 6. The van der Waals surface area contributed by atoms with Crippen LogP contribution < -0.4 is 5.32 Å². The lowest BCUT2D eigenvalue weighted by Gasteiger charge is -2.25. The van der Waals surface area contributed by atoms with Crippen LogP contribution in [0, 0.1) is 5.41 Å². The fourth-order valence-corrected chi connectivity index (χ4v) is 1.66. The van der Waals surface area contributed by atoms with E-state index in [0.29, 0.717) is 13.2 Å². The highest BCUT2D eigenvalue weighted by molar-refractivity contribution is 5.80. The molecule has 1 saturated heterocycles. The van der Waals surface area contributed by atoms with E-state index in [9.17, 15) is 9.59 Å². The number of nitrogens with one attached hydrogen (secondary N) is 1. The van der Waals surface area contributed by atoms with E-state index >= 15 is 0 Å². The van der Waals surface area contributed by atoms with Crippen molar-refractivity contribution < 1.29 is 24.2 Å². The highest BCUT2D eigenvalue weighted by Crippen LogP contribution is 2.28. The first-order chi connectivity index (χ1) is 8.00. The number of ether oxygens (including phenoxy) is 2. The Morgan fingerprint density at radius 1 is 1.59 bits per heavy atom. The largest absolute Gasteiger partial charge is 0.481 e. The Balaban J connectivity index is 2.45. The minimum atomic E-state index is -1.04. The molecule has 1 amide bonds. The number of carboxylic acid groups (broad SMARTS) is 1. The van der Waals surface area contributed by atoms with Crippen LogP contribution in [0.2, 0.25) is 0 Å². The SMILES string of the molecule is CCOCCC(=O)NC1COCC1(C)C(=O)O. The normalized spacial score (nSPS) is 28.0. The molecule has 2 N–H and O–H groups in total. The van der Waals surface area contributed by atoms with Crippen molar-refractivity contribution in [1.82, 2.24) is 5.32 Å². The molecule has 6 nitrogen and oxygen atoms in total. The van der Waals surface area contributed by atoms with Gasteiger partial charge in [0, 0.05) is 13.0 Å². The van der Waals surface area contributed by atoms with Crippen molar-refractivity contribution in [3.63, 3.8) is 0 Å². The van der Waals surface area contributed by atoms with Crippen LogP contribution in [0.15, 0.2) is 0 Å². The zero-order valence-corrected chi connectivity index (χ0v) is 10.2. The van der Waals surface area contributed by atoms with E-state index in [4.69, 9.17) is 14.6 Å². The Hall–Kier alpha value is -1.14. The van der Waals surface area contributed by atoms with Crippen molar-refractivity contribution in [2.75, 3.05) is 26.4 Å². The molecule has 1 aliphatic rings. The fraction of sp³-hybridized carbons (Fsp3) is 0.818. The molecule has 98 valence electrons. The first-order valence-electron chi connectivity index (χ1n) is 5.69. The van der Waals surface area contributed by atoms with E-state index in [0.717, 1.165) is 0 Å². The number of carbonyl (C=O) groups excluding carboxylic acids is 1. The molecule has 1 heterocycles. The maximum absolute atomic E-state index is 11.5. The second kappa shape index (κ2) is 5.97. The lowest BCUT2D eigenvalue weighted by Crippen LogP contribution is -2.49. The predicted molar refractivity (Wildman–Crippen MR) is 59.6 cm³/mol. The number of hydrogen-bond donors (Lipinski definition) is 2. The Morgan fingerprint density at radius 2 is 2.29 bits per heavy atom. The maximum atomic E-state index is 11.5. The van der Waals surface area contributed by atoms with Crippen molar-refractivity contribution in [1.29, 1.82) is 0 Å². The molecule has 17 heavy (non-hydrogen) atoms. The third-order valence-electron chi connectivity index (χ3n) is 2.96. The number of aliphatic carboxylic acids is 1. The van der Waals surface area contributed by atoms with E-state index in [1.807, 2.05) is 6.92 Å². The van der Waals surface area contributed by atoms with E-state index in [1.54, 1.807) is 6.92 Å². The average Bonchev–Trinajstić information content (AvgIpc) is 2.62. The van der Waals surface area contributed by atoms with Gasteiger partial charge in [-0.2, -0.15) is 0 Å². The summed E-state index contributed by atoms with van der Waals surface area (Å²) in [5.41, 5.74) is -1.04. The summed E-state index contributed by atoms with van der Waals surface area (Å²) < 4.78 is 10.2. The van der Waals surface area contributed by atoms with Crippen LogP contribution in [-0.4, -0.2) is 49.5 Å². The molecule has 6 heteroatoms. The third kappa shape index (κ3) is 3.41. The number of hydrogen-bond acceptors (Lipinski definition) is 4. The van der Waals surface area contributed by atoms with Gasteiger partial charge < -0.3 is 19.9 Å². The molecule has 1 fully saturated rings. The van der Waals surface area contributed by atoms with Gasteiger partial charge in [0.05, 0.1) is 25.9 Å². The zero-order valence-electron chi connectivity index (χ0n) is 10.2. The molecule has 0 saturated carbocycles. The number of carboxylic acids is 1. The molecule has 0 aromatic rings. The summed E-state index contributed by atoms with van der Waals surface area (Å²) >= 11 is 0. The molecule has 0 radical (unpaired) electrons. The highest BCUT2D eigenvalue weighted by atomic mass is 16.5. The van der Waals surface area contributed by atoms with E-state index in [2.05, 4.69) is 5.32 Å². The molecule has 0 aliphatic carbocycles. The minimum Gasteiger partial charge on any atom is -0.481 e. The van der Waals surface area contributed by atoms with Gasteiger partial charge in [0.2, 0.25) is 5.91 Å². The Kier molecular flexibility index (Phi) is 4.89. The Bertz CT molecular complexity index is 294. The van der Waals surface area contributed by atoms with Gasteiger partial charge in [0.25, 0.3) is 0 Å². The third-order valence-corrected chi connectivity index (χ3v) is 2.96. The van der Waals surface area contributed by atoms with Crippen LogP contribution in [0.4, 0.5) is 0 Å². The summed E-state index contributed by atoms with van der Waals surface area (Å²) in [5, 5.41) is 11.8. The summed E-state index contributed by atoms with van der Waals surface area (Å²) in [4.78, 5) is 22.7. The average molecular weight is 245 g/mol. The molecular weight excluding hydrogens is 226 g/mol. The van der Waals surface area contributed by atoms with Crippen molar-refractivity contribution in [3.05, 3.63) is 0 Å². The molecule has 1 aliphatic heterocycles. The summed E-state index contributed by atoms with van der Waals surface area (Å²) in [6, 6.07) is -0.478. The van der Waals surface area contributed by atoms with Crippen LogP contribution >= 0.6 is 0 Å². The minimum absolute atomic E-state index is 0.124. The van der Waals surface area contributed by atoms with Gasteiger partial charge >= 0.3 is 5.97 Å². The van der Waals surface area contributed by atoms with E-state index in [1.165, 1.54) is 0 Å². The van der Waals surface area contributed by atoms with Crippen LogP contribution in [0.1, 0.15) is 20.3 Å². The van der Waals surface area contributed by atoms with Crippen molar-refractivity contribution in [2.45, 2.75) is 26.3 Å². The Labute approximate surface area is 100 Å². The number of carbonyl (C=O) groups is 2. The topological polar surface area (TPSA) is 84.9 Å². The van der Waals surface area contributed by atoms with Crippen molar-refractivity contribution in [3.8, 4) is 0 Å². The van der Waals surface area contributed by atoms with E-state index < -0.39 is 17.4 Å². The smallest absolute Gasteiger partial charge is 0.313 e. The summed E-state index contributed by atoms with van der Waals surface area (Å²) in [6.07, 6.45) is 0.236. The summed E-state index contributed by atoms with van der Waals surface area (Å²) in [5.74, 6) is -1.16. The van der Waals surface area contributed by atoms with Crippen LogP contribution in [0.3, 0.4) is 0 Å². The first-order valence-corrected chi connectivity index (χ1v) is 5.69. The van der Waals surface area contributed by atoms with Gasteiger partial charge in [-0.3, -0.25) is 9.59 Å². The van der Waals surface area contributed by atoms with Crippen molar-refractivity contribution >= 4 is 11.9 Å². The van der Waals surface area contributed by atoms with E-state index in [-0.39, 0.29) is 25.5 Å². The Morgan fingerprint density at radius 3 is 2.88 bits per heavy atom. The lowest BCUT2D eigenvalue weighted by atomic mass is 9.85. The second-order valence-corrected chi connectivity index (χ2v) is 4.30. The number of amides is 1. The van der Waals surface area contributed by atoms with Gasteiger partial charge in [0.1, 0.15) is 5.41 Å². The van der Waals surface area contributed by atoms with Crippen molar-refractivity contribution in [2.24, 2.45) is 5.41 Å². The molecule has 2 unspecified atom stereocenters. The van der Waals surface area contributed by atoms with Crippen LogP contribution in [0.25, 0.3) is 0 Å². The monoisotopic (exact) mass is 245 g/mol. The van der Waals surface area contributed by atoms with Gasteiger partial charge in [0.15, 0.2) is 0 Å². The second-order valence-electron chi connectivity index (χ2n) is 4.30. The molecule has 0 spiro atoms. The molecule has 0 aromatic heterocycles. The first kappa shape index (κ1) is 13.9. The van der Waals surface area contributed by atoms with Gasteiger partial charge in [-0.25, -0.2) is 0 Å². The summed E-state index contributed by atoms with van der Waals surface area (Å²) in [6.45, 7) is 4.70. The van der Waals surface area contributed by atoms with Gasteiger partial charge in [-0.15, -0.1) is 0 Å². The quantitative estimate of drug-likeness (QED) is 0.644. The molecule has 0 aromatic carbocycles. The maximum Gasteiger partial charge on any atom is 0.313 e. The molecule has 2 atom stereocenters. The zero-order chi connectivity index (χ0) is 12.9. The standard InChI is InChI=1S/C11H19NO5/c1-3-16-5-4-9(13)12-8-6-17-7-11(8,2)10(14)15/h8H,3-7H2,1-2H3,(H,12,13)(H,14,15). The van der Waals surface area contributed by atoms with Gasteiger partial charge in [-0.1, -0.05) is 0 Å². The summed E-state index contributed by atoms with van der Waals surface area (Å²) in [7, 11) is 0. The highest BCUT2D eigenvalue weighted by Gasteiger charge is 2.47. The van der Waals surface area contributed by atoms with Crippen LogP contribution in [-0.2, 0) is 19.1 Å². The molecule has 0 bridgehead atoms. The fourth-order valence-electron chi connectivity index (χ4n) is 1.66. The van der Waals surface area contributed by atoms with Crippen LogP contribution in [0.5, 0.6) is 0 Å².